The van der Waals surface area contributed by atoms with Gasteiger partial charge in [-0.05, 0) is 77.9 Å². The average molecular weight is 390 g/mol. The molecule has 0 bridgehead atoms. The molecule has 0 unspecified atom stereocenters. The van der Waals surface area contributed by atoms with Crippen molar-refractivity contribution < 1.29 is 4.74 Å². The van der Waals surface area contributed by atoms with Crippen molar-refractivity contribution in [3.63, 3.8) is 0 Å². The Hall–Kier alpha value is -1.64. The molecule has 2 heteroatoms. The van der Waals surface area contributed by atoms with Crippen LogP contribution in [0.2, 0.25) is 0 Å². The maximum Gasteiger partial charge on any atom is 0.0612 e. The number of likely N-dealkylation sites (N-methyl/N-ethyl adjacent to an activating group) is 1. The first kappa shape index (κ1) is 19.3. The maximum atomic E-state index is 5.89. The van der Waals surface area contributed by atoms with Crippen molar-refractivity contribution in [3.8, 4) is 11.1 Å². The van der Waals surface area contributed by atoms with Crippen molar-refractivity contribution in [3.05, 3.63) is 58.7 Å². The average Bonchev–Trinajstić information content (AvgIpc) is 3.50. The van der Waals surface area contributed by atoms with Crippen LogP contribution in [0.15, 0.2) is 36.4 Å². The lowest BCUT2D eigenvalue weighted by Crippen LogP contribution is -2.40. The molecule has 0 spiro atoms. The third-order valence-corrected chi connectivity index (χ3v) is 7.93. The quantitative estimate of drug-likeness (QED) is 0.641. The van der Waals surface area contributed by atoms with Gasteiger partial charge in [-0.1, -0.05) is 62.1 Å². The van der Waals surface area contributed by atoms with Crippen molar-refractivity contribution in [1.29, 1.82) is 0 Å². The van der Waals surface area contributed by atoms with E-state index >= 15 is 0 Å². The number of ether oxygens (including phenoxy) is 1. The molecule has 2 saturated carbocycles. The molecule has 0 heterocycles. The fraction of sp³-hybridized carbons (Fsp3) is 0.556. The van der Waals surface area contributed by atoms with Crippen LogP contribution in [0.25, 0.3) is 11.1 Å². The van der Waals surface area contributed by atoms with Crippen molar-refractivity contribution in [2.75, 3.05) is 27.3 Å². The molecule has 2 aromatic carbocycles. The molecular formula is C27H35NO. The molecule has 0 amide bonds. The Balaban J connectivity index is 1.65. The highest BCUT2D eigenvalue weighted by molar-refractivity contribution is 5.82. The van der Waals surface area contributed by atoms with Crippen LogP contribution in [0.1, 0.15) is 85.5 Å². The van der Waals surface area contributed by atoms with E-state index in [1.807, 2.05) is 7.11 Å². The summed E-state index contributed by atoms with van der Waals surface area (Å²) in [7, 11) is 3.94. The third-order valence-electron chi connectivity index (χ3n) is 7.93. The number of hydrogen-bond donors (Lipinski definition) is 1. The SMILES string of the molecule is CNCC1(COC)c2cc(C3CCCC3)ccc2-c2ccc(C3CCCC3)cc21. The third kappa shape index (κ3) is 3.16. The Bertz CT molecular complexity index is 801. The Morgan fingerprint density at radius 3 is 1.72 bits per heavy atom. The van der Waals surface area contributed by atoms with Gasteiger partial charge in [-0.3, -0.25) is 0 Å². The molecule has 2 fully saturated rings. The van der Waals surface area contributed by atoms with Gasteiger partial charge in [0.2, 0.25) is 0 Å². The van der Waals surface area contributed by atoms with E-state index in [4.69, 9.17) is 4.74 Å². The summed E-state index contributed by atoms with van der Waals surface area (Å²) in [6.07, 6.45) is 10.9. The van der Waals surface area contributed by atoms with E-state index in [-0.39, 0.29) is 5.41 Å². The molecule has 2 nitrogen and oxygen atoms in total. The van der Waals surface area contributed by atoms with E-state index in [0.29, 0.717) is 0 Å². The highest BCUT2D eigenvalue weighted by Gasteiger charge is 2.43. The Morgan fingerprint density at radius 1 is 0.828 bits per heavy atom. The van der Waals surface area contributed by atoms with Crippen LogP contribution in [-0.4, -0.2) is 27.3 Å². The smallest absolute Gasteiger partial charge is 0.0612 e. The van der Waals surface area contributed by atoms with Crippen molar-refractivity contribution in [1.82, 2.24) is 5.32 Å². The first-order valence-electron chi connectivity index (χ1n) is 11.7. The minimum atomic E-state index is -0.0859. The topological polar surface area (TPSA) is 21.3 Å². The van der Waals surface area contributed by atoms with E-state index in [9.17, 15) is 0 Å². The molecule has 0 aliphatic heterocycles. The van der Waals surface area contributed by atoms with Gasteiger partial charge >= 0.3 is 0 Å². The second-order valence-corrected chi connectivity index (χ2v) is 9.62. The van der Waals surface area contributed by atoms with Crippen LogP contribution in [0.3, 0.4) is 0 Å². The zero-order valence-electron chi connectivity index (χ0n) is 18.1. The molecule has 0 radical (unpaired) electrons. The predicted octanol–water partition coefficient (Wildman–Crippen LogP) is 6.13. The van der Waals surface area contributed by atoms with Crippen molar-refractivity contribution >= 4 is 0 Å². The molecule has 2 aromatic rings. The molecule has 1 N–H and O–H groups in total. The summed E-state index contributed by atoms with van der Waals surface area (Å²) in [6, 6.07) is 14.7. The van der Waals surface area contributed by atoms with Crippen LogP contribution < -0.4 is 5.32 Å². The molecule has 0 atom stereocenters. The number of hydrogen-bond acceptors (Lipinski definition) is 2. The van der Waals surface area contributed by atoms with E-state index < -0.39 is 0 Å². The van der Waals surface area contributed by atoms with Gasteiger partial charge in [0.25, 0.3) is 0 Å². The van der Waals surface area contributed by atoms with Crippen molar-refractivity contribution in [2.45, 2.75) is 68.6 Å². The zero-order chi connectivity index (χ0) is 19.8. The van der Waals surface area contributed by atoms with E-state index in [2.05, 4.69) is 48.8 Å². The minimum Gasteiger partial charge on any atom is -0.383 e. The number of nitrogens with one attached hydrogen (secondary N) is 1. The van der Waals surface area contributed by atoms with E-state index in [1.54, 1.807) is 11.1 Å². The second kappa shape index (κ2) is 7.89. The predicted molar refractivity (Wildman–Crippen MR) is 121 cm³/mol. The van der Waals surface area contributed by atoms with Gasteiger partial charge in [0.05, 0.1) is 12.0 Å². The first-order valence-corrected chi connectivity index (χ1v) is 11.7. The van der Waals surface area contributed by atoms with Crippen LogP contribution in [-0.2, 0) is 10.2 Å². The largest absolute Gasteiger partial charge is 0.383 e. The molecular weight excluding hydrogens is 354 g/mol. The molecule has 154 valence electrons. The number of rotatable bonds is 6. The van der Waals surface area contributed by atoms with Gasteiger partial charge in [0, 0.05) is 13.7 Å². The summed E-state index contributed by atoms with van der Waals surface area (Å²) in [6.45, 7) is 1.65. The minimum absolute atomic E-state index is 0.0859. The van der Waals surface area contributed by atoms with Gasteiger partial charge in [-0.25, -0.2) is 0 Å². The molecule has 0 saturated heterocycles. The van der Waals surface area contributed by atoms with Gasteiger partial charge in [0.15, 0.2) is 0 Å². The van der Waals surface area contributed by atoms with E-state index in [0.717, 1.165) is 25.0 Å². The second-order valence-electron chi connectivity index (χ2n) is 9.62. The maximum absolute atomic E-state index is 5.89. The van der Waals surface area contributed by atoms with Crippen LogP contribution in [0.5, 0.6) is 0 Å². The van der Waals surface area contributed by atoms with Gasteiger partial charge < -0.3 is 10.1 Å². The lowest BCUT2D eigenvalue weighted by atomic mass is 9.76. The summed E-state index contributed by atoms with van der Waals surface area (Å²) in [5.74, 6) is 1.49. The molecule has 0 aromatic heterocycles. The standard InChI is InChI=1S/C27H35NO/c1-28-17-27(18-29-2)25-15-21(19-7-3-4-8-19)11-13-23(25)24-14-12-22(16-26(24)27)20-9-5-6-10-20/h11-16,19-20,28H,3-10,17-18H2,1-2H3. The molecule has 3 aliphatic rings. The molecule has 3 aliphatic carbocycles. The van der Waals surface area contributed by atoms with Gasteiger partial charge in [-0.2, -0.15) is 0 Å². The summed E-state index contributed by atoms with van der Waals surface area (Å²) < 4.78 is 5.89. The molecule has 29 heavy (non-hydrogen) atoms. The summed E-state index contributed by atoms with van der Waals surface area (Å²) in [4.78, 5) is 0. The highest BCUT2D eigenvalue weighted by Crippen LogP contribution is 2.51. The lowest BCUT2D eigenvalue weighted by molar-refractivity contribution is 0.149. The monoisotopic (exact) mass is 389 g/mol. The Morgan fingerprint density at radius 2 is 1.31 bits per heavy atom. The number of benzene rings is 2. The van der Waals surface area contributed by atoms with Crippen LogP contribution in [0, 0.1) is 0 Å². The lowest BCUT2D eigenvalue weighted by Gasteiger charge is -2.32. The first-order chi connectivity index (χ1) is 14.3. The van der Waals surface area contributed by atoms with Crippen LogP contribution >= 0.6 is 0 Å². The number of methoxy groups -OCH3 is 1. The van der Waals surface area contributed by atoms with Gasteiger partial charge in [-0.15, -0.1) is 0 Å². The number of fused-ring (bicyclic) bond motifs is 3. The normalized spacial score (nSPS) is 20.9. The van der Waals surface area contributed by atoms with Crippen molar-refractivity contribution in [2.24, 2.45) is 0 Å². The van der Waals surface area contributed by atoms with E-state index in [1.165, 1.54) is 73.6 Å². The Kier molecular flexibility index (Phi) is 5.26. The Labute approximate surface area is 176 Å². The molecule has 5 rings (SSSR count). The highest BCUT2D eigenvalue weighted by atomic mass is 16.5. The van der Waals surface area contributed by atoms with Crippen LogP contribution in [0.4, 0.5) is 0 Å². The fourth-order valence-corrected chi connectivity index (χ4v) is 6.50. The summed E-state index contributed by atoms with van der Waals surface area (Å²) in [5, 5.41) is 3.52. The fourth-order valence-electron chi connectivity index (χ4n) is 6.50. The summed E-state index contributed by atoms with van der Waals surface area (Å²) >= 11 is 0. The van der Waals surface area contributed by atoms with Gasteiger partial charge in [0.1, 0.15) is 0 Å². The zero-order valence-corrected chi connectivity index (χ0v) is 18.1. The summed E-state index contributed by atoms with van der Waals surface area (Å²) in [5.41, 5.74) is 8.81.